The lowest BCUT2D eigenvalue weighted by Crippen LogP contribution is -2.54. The maximum absolute atomic E-state index is 12.9. The Kier molecular flexibility index (Phi) is 6.35. The molecule has 4 aromatic rings. The van der Waals surface area contributed by atoms with Crippen LogP contribution in [0.4, 0.5) is 5.82 Å². The molecule has 3 aromatic carbocycles. The number of nitriles is 1. The standard InChI is InChI=1S/C28H24ClN5O/c1-19-18-33(26(35)16-20-8-12-23(29)13-9-20)14-15-34(19)28-25-5-3-2-4-24(25)27(31-32-28)22-10-6-21(17-30)7-11-22/h2-13,19H,14-16,18H2,1H3/t19-/m0/s1. The van der Waals surface area contributed by atoms with E-state index in [1.165, 1.54) is 0 Å². The molecule has 0 radical (unpaired) electrons. The highest BCUT2D eigenvalue weighted by molar-refractivity contribution is 6.30. The number of anilines is 1. The van der Waals surface area contributed by atoms with E-state index in [4.69, 9.17) is 16.9 Å². The number of halogens is 1. The number of carbonyl (C=O) groups is 1. The van der Waals surface area contributed by atoms with Crippen molar-refractivity contribution in [3.8, 4) is 17.3 Å². The zero-order valence-corrected chi connectivity index (χ0v) is 20.1. The monoisotopic (exact) mass is 481 g/mol. The van der Waals surface area contributed by atoms with Crippen LogP contribution in [0, 0.1) is 11.3 Å². The zero-order valence-electron chi connectivity index (χ0n) is 19.4. The first-order valence-corrected chi connectivity index (χ1v) is 12.0. The molecule has 0 bridgehead atoms. The number of hydrogen-bond acceptors (Lipinski definition) is 5. The average molecular weight is 482 g/mol. The van der Waals surface area contributed by atoms with Gasteiger partial charge in [-0.25, -0.2) is 0 Å². The molecule has 7 heteroatoms. The molecule has 0 saturated carbocycles. The molecule has 2 heterocycles. The van der Waals surface area contributed by atoms with Crippen molar-refractivity contribution in [3.05, 3.63) is 88.9 Å². The van der Waals surface area contributed by atoms with Crippen LogP contribution in [0.1, 0.15) is 18.1 Å². The van der Waals surface area contributed by atoms with Gasteiger partial charge in [0.2, 0.25) is 5.91 Å². The van der Waals surface area contributed by atoms with E-state index in [2.05, 4.69) is 40.2 Å². The number of fused-ring (bicyclic) bond motifs is 1. The lowest BCUT2D eigenvalue weighted by atomic mass is 10.0. The Balaban J connectivity index is 1.38. The van der Waals surface area contributed by atoms with Crippen molar-refractivity contribution in [1.29, 1.82) is 5.26 Å². The van der Waals surface area contributed by atoms with Crippen LogP contribution in [0.5, 0.6) is 0 Å². The van der Waals surface area contributed by atoms with Gasteiger partial charge in [-0.3, -0.25) is 4.79 Å². The molecule has 0 N–H and O–H groups in total. The Hall–Kier alpha value is -3.95. The topological polar surface area (TPSA) is 73.1 Å². The fourth-order valence-electron chi connectivity index (χ4n) is 4.61. The number of hydrogen-bond donors (Lipinski definition) is 0. The summed E-state index contributed by atoms with van der Waals surface area (Å²) in [5.74, 6) is 0.946. The largest absolute Gasteiger partial charge is 0.348 e. The van der Waals surface area contributed by atoms with Gasteiger partial charge in [0, 0.05) is 47.0 Å². The summed E-state index contributed by atoms with van der Waals surface area (Å²) < 4.78 is 0. The minimum Gasteiger partial charge on any atom is -0.348 e. The summed E-state index contributed by atoms with van der Waals surface area (Å²) in [6.45, 7) is 4.05. The molecule has 1 aromatic heterocycles. The Morgan fingerprint density at radius 1 is 1.00 bits per heavy atom. The van der Waals surface area contributed by atoms with Gasteiger partial charge in [0.1, 0.15) is 5.69 Å². The fraction of sp³-hybridized carbons (Fsp3) is 0.214. The average Bonchev–Trinajstić information content (AvgIpc) is 2.89. The molecule has 1 aliphatic rings. The van der Waals surface area contributed by atoms with E-state index in [-0.39, 0.29) is 11.9 Å². The molecule has 1 fully saturated rings. The van der Waals surface area contributed by atoms with Crippen molar-refractivity contribution < 1.29 is 4.79 Å². The van der Waals surface area contributed by atoms with Gasteiger partial charge < -0.3 is 9.80 Å². The van der Waals surface area contributed by atoms with Gasteiger partial charge >= 0.3 is 0 Å². The number of amides is 1. The van der Waals surface area contributed by atoms with Gasteiger partial charge in [-0.05, 0) is 36.8 Å². The predicted octanol–water partition coefficient (Wildman–Crippen LogP) is 5.10. The maximum atomic E-state index is 12.9. The predicted molar refractivity (Wildman–Crippen MR) is 138 cm³/mol. The SMILES string of the molecule is C[C@H]1CN(C(=O)Cc2ccc(Cl)cc2)CCN1c1nnc(-c2ccc(C#N)cc2)c2ccccc12. The molecule has 0 unspecified atom stereocenters. The lowest BCUT2D eigenvalue weighted by molar-refractivity contribution is -0.131. The van der Waals surface area contributed by atoms with Crippen LogP contribution in [-0.4, -0.2) is 46.7 Å². The highest BCUT2D eigenvalue weighted by Gasteiger charge is 2.29. The number of carbonyl (C=O) groups excluding carboxylic acids is 1. The number of aromatic nitrogens is 2. The van der Waals surface area contributed by atoms with Gasteiger partial charge in [0.15, 0.2) is 5.82 Å². The summed E-state index contributed by atoms with van der Waals surface area (Å²) in [6, 6.07) is 25.2. The lowest BCUT2D eigenvalue weighted by Gasteiger charge is -2.40. The first-order chi connectivity index (χ1) is 17.0. The van der Waals surface area contributed by atoms with Gasteiger partial charge in [-0.2, -0.15) is 5.26 Å². The van der Waals surface area contributed by atoms with Crippen molar-refractivity contribution >= 4 is 34.1 Å². The summed E-state index contributed by atoms with van der Waals surface area (Å²) in [5.41, 5.74) is 3.29. The molecule has 0 aliphatic carbocycles. The minimum absolute atomic E-state index is 0.0939. The molecule has 35 heavy (non-hydrogen) atoms. The second-order valence-electron chi connectivity index (χ2n) is 8.79. The Labute approximate surface area is 209 Å². The van der Waals surface area contributed by atoms with E-state index >= 15 is 0 Å². The second kappa shape index (κ2) is 9.73. The van der Waals surface area contributed by atoms with Gasteiger partial charge in [0.05, 0.1) is 18.1 Å². The molecule has 6 nitrogen and oxygen atoms in total. The van der Waals surface area contributed by atoms with Crippen molar-refractivity contribution in [3.63, 3.8) is 0 Å². The third-order valence-electron chi connectivity index (χ3n) is 6.48. The Bertz CT molecular complexity index is 1410. The minimum atomic E-state index is 0.0939. The summed E-state index contributed by atoms with van der Waals surface area (Å²) in [4.78, 5) is 17.1. The van der Waals surface area contributed by atoms with E-state index in [1.807, 2.05) is 53.4 Å². The van der Waals surface area contributed by atoms with E-state index in [0.29, 0.717) is 36.6 Å². The van der Waals surface area contributed by atoms with Gasteiger partial charge in [0.25, 0.3) is 0 Å². The van der Waals surface area contributed by atoms with E-state index in [0.717, 1.165) is 33.4 Å². The third kappa shape index (κ3) is 4.68. The summed E-state index contributed by atoms with van der Waals surface area (Å²) >= 11 is 5.97. The highest BCUT2D eigenvalue weighted by atomic mass is 35.5. The van der Waals surface area contributed by atoms with Crippen molar-refractivity contribution in [2.75, 3.05) is 24.5 Å². The van der Waals surface area contributed by atoms with Crippen LogP contribution in [-0.2, 0) is 11.2 Å². The first kappa shape index (κ1) is 22.8. The van der Waals surface area contributed by atoms with Crippen LogP contribution < -0.4 is 4.90 Å². The van der Waals surface area contributed by atoms with Crippen molar-refractivity contribution in [2.45, 2.75) is 19.4 Å². The molecule has 0 spiro atoms. The smallest absolute Gasteiger partial charge is 0.227 e. The zero-order chi connectivity index (χ0) is 24.4. The van der Waals surface area contributed by atoms with Crippen LogP contribution in [0.25, 0.3) is 22.0 Å². The van der Waals surface area contributed by atoms with Crippen molar-refractivity contribution in [1.82, 2.24) is 15.1 Å². The molecular weight excluding hydrogens is 458 g/mol. The normalized spacial score (nSPS) is 15.7. The fourth-order valence-corrected chi connectivity index (χ4v) is 4.73. The highest BCUT2D eigenvalue weighted by Crippen LogP contribution is 2.33. The number of nitrogens with zero attached hydrogens (tertiary/aromatic N) is 5. The Morgan fingerprint density at radius 3 is 2.40 bits per heavy atom. The summed E-state index contributed by atoms with van der Waals surface area (Å²) in [5, 5.41) is 21.0. The van der Waals surface area contributed by atoms with E-state index in [1.54, 1.807) is 12.1 Å². The second-order valence-corrected chi connectivity index (χ2v) is 9.23. The van der Waals surface area contributed by atoms with Crippen LogP contribution in [0.15, 0.2) is 72.8 Å². The quantitative estimate of drug-likeness (QED) is 0.405. The molecule has 174 valence electrons. The summed E-state index contributed by atoms with van der Waals surface area (Å²) in [7, 11) is 0. The first-order valence-electron chi connectivity index (χ1n) is 11.6. The summed E-state index contributed by atoms with van der Waals surface area (Å²) in [6.07, 6.45) is 0.367. The molecule has 1 saturated heterocycles. The third-order valence-corrected chi connectivity index (χ3v) is 6.73. The number of benzene rings is 3. The van der Waals surface area contributed by atoms with Crippen LogP contribution >= 0.6 is 11.6 Å². The number of rotatable bonds is 4. The van der Waals surface area contributed by atoms with Crippen LogP contribution in [0.2, 0.25) is 5.02 Å². The molecular formula is C28H24ClN5O. The van der Waals surface area contributed by atoms with Crippen LogP contribution in [0.3, 0.4) is 0 Å². The van der Waals surface area contributed by atoms with E-state index < -0.39 is 0 Å². The number of piperazine rings is 1. The molecule has 1 atom stereocenters. The van der Waals surface area contributed by atoms with Crippen molar-refractivity contribution in [2.24, 2.45) is 0 Å². The van der Waals surface area contributed by atoms with Gasteiger partial charge in [-0.15, -0.1) is 10.2 Å². The molecule has 5 rings (SSSR count). The van der Waals surface area contributed by atoms with E-state index in [9.17, 15) is 4.79 Å². The Morgan fingerprint density at radius 2 is 1.71 bits per heavy atom. The molecule has 1 amide bonds. The van der Waals surface area contributed by atoms with Gasteiger partial charge in [-0.1, -0.05) is 60.1 Å². The maximum Gasteiger partial charge on any atom is 0.227 e. The molecule has 1 aliphatic heterocycles.